The number of rotatable bonds is 7. The molecule has 0 aliphatic carbocycles. The first-order valence-electron chi connectivity index (χ1n) is 10.7. The van der Waals surface area contributed by atoms with Crippen molar-refractivity contribution in [2.24, 2.45) is 0 Å². The molecule has 8 nitrogen and oxygen atoms in total. The summed E-state index contributed by atoms with van der Waals surface area (Å²) in [5.74, 6) is -0.324. The molecule has 2 aromatic carbocycles. The second-order valence-electron chi connectivity index (χ2n) is 7.73. The van der Waals surface area contributed by atoms with Gasteiger partial charge in [-0.05, 0) is 49.2 Å². The van der Waals surface area contributed by atoms with Crippen LogP contribution in [0.5, 0.6) is 11.5 Å². The van der Waals surface area contributed by atoms with E-state index in [-0.39, 0.29) is 27.7 Å². The Kier molecular flexibility index (Phi) is 6.61. The lowest BCUT2D eigenvalue weighted by Gasteiger charge is -2.23. The van der Waals surface area contributed by atoms with Crippen molar-refractivity contribution < 1.29 is 28.7 Å². The molecule has 1 aromatic heterocycles. The summed E-state index contributed by atoms with van der Waals surface area (Å²) in [7, 11) is 1.47. The number of ether oxygens (including phenoxy) is 2. The van der Waals surface area contributed by atoms with Crippen molar-refractivity contribution in [2.45, 2.75) is 26.3 Å². The lowest BCUT2D eigenvalue weighted by Crippen LogP contribution is -2.29. The zero-order chi connectivity index (χ0) is 24.4. The van der Waals surface area contributed by atoms with Gasteiger partial charge in [-0.1, -0.05) is 35.8 Å². The van der Waals surface area contributed by atoms with Gasteiger partial charge in [-0.3, -0.25) is 14.5 Å². The number of anilines is 1. The molecule has 0 bridgehead atoms. The minimum Gasteiger partial charge on any atom is -0.507 e. The van der Waals surface area contributed by atoms with Crippen molar-refractivity contribution in [1.29, 1.82) is 0 Å². The number of hydrogen-bond acceptors (Lipinski definition) is 7. The Hall–Kier alpha value is -3.78. The zero-order valence-corrected chi connectivity index (χ0v) is 19.6. The molecule has 1 amide bonds. The van der Waals surface area contributed by atoms with Gasteiger partial charge in [0.1, 0.15) is 23.0 Å². The molecular weight excluding hydrogens is 460 g/mol. The van der Waals surface area contributed by atoms with Crippen LogP contribution in [0.2, 0.25) is 5.02 Å². The van der Waals surface area contributed by atoms with Crippen LogP contribution in [0.4, 0.5) is 5.82 Å². The summed E-state index contributed by atoms with van der Waals surface area (Å²) in [6, 6.07) is 12.2. The van der Waals surface area contributed by atoms with Crippen LogP contribution in [0.1, 0.15) is 36.3 Å². The highest BCUT2D eigenvalue weighted by Gasteiger charge is 2.48. The average Bonchev–Trinajstić information content (AvgIpc) is 3.38. The van der Waals surface area contributed by atoms with Gasteiger partial charge < -0.3 is 19.1 Å². The fraction of sp³-hybridized carbons (Fsp3) is 0.240. The first-order valence-corrected chi connectivity index (χ1v) is 11.0. The molecule has 1 saturated heterocycles. The van der Waals surface area contributed by atoms with Crippen molar-refractivity contribution in [3.05, 3.63) is 76.0 Å². The van der Waals surface area contributed by atoms with E-state index in [0.717, 1.165) is 6.42 Å². The number of aromatic nitrogens is 1. The van der Waals surface area contributed by atoms with Gasteiger partial charge >= 0.3 is 5.91 Å². The maximum absolute atomic E-state index is 13.2. The van der Waals surface area contributed by atoms with E-state index in [1.165, 1.54) is 18.1 Å². The molecule has 0 saturated carbocycles. The van der Waals surface area contributed by atoms with Gasteiger partial charge in [0.05, 0.1) is 30.4 Å². The Bertz CT molecular complexity index is 1260. The predicted molar refractivity (Wildman–Crippen MR) is 126 cm³/mol. The van der Waals surface area contributed by atoms with Crippen molar-refractivity contribution in [2.75, 3.05) is 18.6 Å². The van der Waals surface area contributed by atoms with E-state index in [4.69, 9.17) is 25.6 Å². The van der Waals surface area contributed by atoms with Crippen LogP contribution in [0.25, 0.3) is 5.76 Å². The van der Waals surface area contributed by atoms with Crippen molar-refractivity contribution in [3.63, 3.8) is 0 Å². The molecule has 0 radical (unpaired) electrons. The molecular formula is C25H23ClN2O6. The van der Waals surface area contributed by atoms with Gasteiger partial charge in [0.15, 0.2) is 5.82 Å². The van der Waals surface area contributed by atoms with Gasteiger partial charge in [-0.25, -0.2) is 0 Å². The topological polar surface area (TPSA) is 102 Å². The molecule has 3 aromatic rings. The zero-order valence-electron chi connectivity index (χ0n) is 18.9. The van der Waals surface area contributed by atoms with Crippen LogP contribution in [0.3, 0.4) is 0 Å². The molecule has 0 spiro atoms. The average molecular weight is 483 g/mol. The number of nitrogens with zero attached hydrogens (tertiary/aromatic N) is 2. The van der Waals surface area contributed by atoms with Gasteiger partial charge in [0.25, 0.3) is 5.78 Å². The second-order valence-corrected chi connectivity index (χ2v) is 8.14. The molecule has 9 heteroatoms. The number of benzene rings is 2. The van der Waals surface area contributed by atoms with Gasteiger partial charge in [-0.15, -0.1) is 0 Å². The van der Waals surface area contributed by atoms with Crippen molar-refractivity contribution >= 4 is 34.9 Å². The van der Waals surface area contributed by atoms with Crippen molar-refractivity contribution in [3.8, 4) is 11.5 Å². The fourth-order valence-electron chi connectivity index (χ4n) is 3.79. The van der Waals surface area contributed by atoms with Crippen LogP contribution >= 0.6 is 11.6 Å². The first-order chi connectivity index (χ1) is 16.3. The number of amides is 1. The summed E-state index contributed by atoms with van der Waals surface area (Å²) in [6.07, 6.45) is 0.859. The van der Waals surface area contributed by atoms with E-state index in [1.54, 1.807) is 49.4 Å². The highest BCUT2D eigenvalue weighted by Crippen LogP contribution is 2.42. The number of halogens is 1. The summed E-state index contributed by atoms with van der Waals surface area (Å²) in [5, 5.41) is 15.4. The number of ketones is 1. The summed E-state index contributed by atoms with van der Waals surface area (Å²) in [5.41, 5.74) is 0.770. The Morgan fingerprint density at radius 3 is 2.50 bits per heavy atom. The summed E-state index contributed by atoms with van der Waals surface area (Å²) >= 11 is 6.23. The second kappa shape index (κ2) is 9.61. The minimum absolute atomic E-state index is 0.0888. The number of Topliss-reactive ketones (excluding diaryl/α,β-unsaturated/α-hetero) is 1. The maximum Gasteiger partial charge on any atom is 0.301 e. The van der Waals surface area contributed by atoms with Crippen LogP contribution in [-0.2, 0) is 9.59 Å². The normalized spacial score (nSPS) is 17.3. The monoisotopic (exact) mass is 482 g/mol. The number of hydrogen-bond donors (Lipinski definition) is 1. The Morgan fingerprint density at radius 2 is 1.91 bits per heavy atom. The van der Waals surface area contributed by atoms with E-state index in [0.29, 0.717) is 29.4 Å². The third-order valence-electron chi connectivity index (χ3n) is 5.40. The predicted octanol–water partition coefficient (Wildman–Crippen LogP) is 5.06. The van der Waals surface area contributed by atoms with Gasteiger partial charge in [0, 0.05) is 11.6 Å². The quantitative estimate of drug-likeness (QED) is 0.285. The summed E-state index contributed by atoms with van der Waals surface area (Å²) in [4.78, 5) is 27.5. The highest BCUT2D eigenvalue weighted by molar-refractivity contribution is 6.51. The van der Waals surface area contributed by atoms with E-state index in [1.807, 2.05) is 6.92 Å². The third kappa shape index (κ3) is 4.24. The number of carbonyl (C=O) groups excluding carboxylic acids is 2. The standard InChI is InChI=1S/C25H23ClN2O6/c1-4-11-33-17-8-5-15(6-9-17)22-21(23(29)16-7-10-19(32-3)18(26)13-16)24(30)25(31)28(22)20-12-14(2)34-27-20/h5-10,12-13,22,29H,4,11H2,1-3H3. The first kappa shape index (κ1) is 23.4. The molecule has 1 aliphatic rings. The maximum atomic E-state index is 13.2. The van der Waals surface area contributed by atoms with E-state index in [9.17, 15) is 14.7 Å². The van der Waals surface area contributed by atoms with Crippen LogP contribution in [-0.4, -0.2) is 35.7 Å². The molecule has 1 N–H and O–H groups in total. The third-order valence-corrected chi connectivity index (χ3v) is 5.70. The summed E-state index contributed by atoms with van der Waals surface area (Å²) in [6.45, 7) is 4.25. The lowest BCUT2D eigenvalue weighted by molar-refractivity contribution is -0.132. The van der Waals surface area contributed by atoms with Crippen LogP contribution < -0.4 is 14.4 Å². The molecule has 1 unspecified atom stereocenters. The molecule has 176 valence electrons. The van der Waals surface area contributed by atoms with Gasteiger partial charge in [0.2, 0.25) is 0 Å². The largest absolute Gasteiger partial charge is 0.507 e. The SMILES string of the molecule is CCCOc1ccc(C2C(=C(O)c3ccc(OC)c(Cl)c3)C(=O)C(=O)N2c2cc(C)on2)cc1. The Labute approximate surface area is 201 Å². The Balaban J connectivity index is 1.86. The molecule has 34 heavy (non-hydrogen) atoms. The number of aryl methyl sites for hydroxylation is 1. The molecule has 1 atom stereocenters. The summed E-state index contributed by atoms with van der Waals surface area (Å²) < 4.78 is 16.0. The number of carbonyl (C=O) groups is 2. The van der Waals surface area contributed by atoms with Gasteiger partial charge in [-0.2, -0.15) is 0 Å². The molecule has 1 aliphatic heterocycles. The number of aliphatic hydroxyl groups excluding tert-OH is 1. The smallest absolute Gasteiger partial charge is 0.301 e. The molecule has 2 heterocycles. The van der Waals surface area contributed by atoms with E-state index >= 15 is 0 Å². The number of aliphatic hydroxyl groups is 1. The molecule has 4 rings (SSSR count). The van der Waals surface area contributed by atoms with Crippen LogP contribution in [0.15, 0.2) is 58.6 Å². The molecule has 1 fully saturated rings. The fourth-order valence-corrected chi connectivity index (χ4v) is 4.04. The van der Waals surface area contributed by atoms with E-state index in [2.05, 4.69) is 5.16 Å². The number of methoxy groups -OCH3 is 1. The lowest BCUT2D eigenvalue weighted by atomic mass is 9.95. The minimum atomic E-state index is -0.939. The van der Waals surface area contributed by atoms with Crippen LogP contribution in [0, 0.1) is 6.92 Å². The highest BCUT2D eigenvalue weighted by atomic mass is 35.5. The Morgan fingerprint density at radius 1 is 1.18 bits per heavy atom. The van der Waals surface area contributed by atoms with E-state index < -0.39 is 17.7 Å². The van der Waals surface area contributed by atoms with Crippen molar-refractivity contribution in [1.82, 2.24) is 5.16 Å².